The lowest BCUT2D eigenvalue weighted by atomic mass is 10.1. The van der Waals surface area contributed by atoms with Crippen molar-refractivity contribution < 1.29 is 0 Å². The van der Waals surface area contributed by atoms with Crippen LogP contribution in [0.4, 0.5) is 5.13 Å². The number of anilines is 1. The van der Waals surface area contributed by atoms with Crippen molar-refractivity contribution in [1.82, 2.24) is 10.3 Å². The molecule has 1 aliphatic rings. The Morgan fingerprint density at radius 3 is 2.71 bits per heavy atom. The first-order valence-corrected chi connectivity index (χ1v) is 6.90. The van der Waals surface area contributed by atoms with Crippen LogP contribution in [-0.2, 0) is 6.54 Å². The summed E-state index contributed by atoms with van der Waals surface area (Å²) in [5.74, 6) is 0.918. The molecule has 0 aliphatic heterocycles. The Kier molecular flexibility index (Phi) is 6.23. The van der Waals surface area contributed by atoms with E-state index in [1.807, 2.05) is 20.3 Å². The highest BCUT2D eigenvalue weighted by molar-refractivity contribution is 7.15. The lowest BCUT2D eigenvalue weighted by Crippen LogP contribution is -2.20. The fraction of sp³-hybridized carbons (Fsp3) is 0.750. The maximum absolute atomic E-state index is 4.37. The van der Waals surface area contributed by atoms with Crippen LogP contribution in [0.5, 0.6) is 0 Å². The molecule has 1 heterocycles. The molecule has 3 nitrogen and oxygen atoms in total. The molecule has 98 valence electrons. The number of aromatic nitrogens is 1. The number of hydrogen-bond acceptors (Lipinski definition) is 4. The quantitative estimate of drug-likeness (QED) is 0.896. The van der Waals surface area contributed by atoms with E-state index < -0.39 is 0 Å². The Morgan fingerprint density at radius 2 is 2.12 bits per heavy atom. The van der Waals surface area contributed by atoms with E-state index in [0.717, 1.165) is 17.6 Å². The number of thiazole rings is 1. The third-order valence-electron chi connectivity index (χ3n) is 3.13. The molecule has 0 aromatic carbocycles. The molecule has 5 heteroatoms. The van der Waals surface area contributed by atoms with Crippen molar-refractivity contribution in [3.63, 3.8) is 0 Å². The highest BCUT2D eigenvalue weighted by Gasteiger charge is 2.14. The summed E-state index contributed by atoms with van der Waals surface area (Å²) in [6, 6.07) is 0. The molecule has 1 aromatic heterocycles. The number of halogens is 1. The van der Waals surface area contributed by atoms with Crippen LogP contribution in [0.25, 0.3) is 0 Å². The van der Waals surface area contributed by atoms with Gasteiger partial charge in [-0.15, -0.1) is 23.7 Å². The second kappa shape index (κ2) is 7.19. The molecule has 1 N–H and O–H groups in total. The van der Waals surface area contributed by atoms with Gasteiger partial charge in [0.05, 0.1) is 0 Å². The molecule has 17 heavy (non-hydrogen) atoms. The van der Waals surface area contributed by atoms with Gasteiger partial charge in [-0.3, -0.25) is 0 Å². The third-order valence-corrected chi connectivity index (χ3v) is 4.30. The van der Waals surface area contributed by atoms with E-state index in [2.05, 4.69) is 15.2 Å². The smallest absolute Gasteiger partial charge is 0.185 e. The van der Waals surface area contributed by atoms with Crippen molar-refractivity contribution in [2.24, 2.45) is 5.92 Å². The van der Waals surface area contributed by atoms with Crippen LogP contribution in [0.2, 0.25) is 0 Å². The highest BCUT2D eigenvalue weighted by atomic mass is 35.5. The van der Waals surface area contributed by atoms with Crippen LogP contribution < -0.4 is 10.2 Å². The van der Waals surface area contributed by atoms with Gasteiger partial charge < -0.3 is 10.2 Å². The average molecular weight is 276 g/mol. The molecule has 0 radical (unpaired) electrons. The molecular weight excluding hydrogens is 254 g/mol. The van der Waals surface area contributed by atoms with Gasteiger partial charge >= 0.3 is 0 Å². The van der Waals surface area contributed by atoms with Gasteiger partial charge in [-0.2, -0.15) is 0 Å². The molecule has 1 aliphatic carbocycles. The Balaban J connectivity index is 0.00000144. The number of hydrogen-bond donors (Lipinski definition) is 1. The van der Waals surface area contributed by atoms with Crippen molar-refractivity contribution in [3.05, 3.63) is 11.1 Å². The monoisotopic (exact) mass is 275 g/mol. The normalized spacial score (nSPS) is 15.9. The van der Waals surface area contributed by atoms with Crippen molar-refractivity contribution in [2.45, 2.75) is 32.2 Å². The topological polar surface area (TPSA) is 28.2 Å². The summed E-state index contributed by atoms with van der Waals surface area (Å²) >= 11 is 1.78. The first-order valence-electron chi connectivity index (χ1n) is 6.08. The van der Waals surface area contributed by atoms with Crippen LogP contribution in [0, 0.1) is 5.92 Å². The average Bonchev–Trinajstić information content (AvgIpc) is 2.87. The maximum atomic E-state index is 4.37. The van der Waals surface area contributed by atoms with Gasteiger partial charge in [0.15, 0.2) is 5.13 Å². The third kappa shape index (κ3) is 4.45. The predicted octanol–water partition coefficient (Wildman–Crippen LogP) is 2.91. The summed E-state index contributed by atoms with van der Waals surface area (Å²) in [6.45, 7) is 2.15. The number of rotatable bonds is 5. The van der Waals surface area contributed by atoms with Crippen molar-refractivity contribution in [3.8, 4) is 0 Å². The van der Waals surface area contributed by atoms with Gasteiger partial charge in [0.25, 0.3) is 0 Å². The van der Waals surface area contributed by atoms with Gasteiger partial charge in [0, 0.05) is 31.7 Å². The van der Waals surface area contributed by atoms with Gasteiger partial charge in [-0.1, -0.05) is 12.8 Å². The van der Waals surface area contributed by atoms with E-state index in [1.165, 1.54) is 37.1 Å². The highest BCUT2D eigenvalue weighted by Crippen LogP contribution is 2.24. The summed E-state index contributed by atoms with van der Waals surface area (Å²) in [4.78, 5) is 7.77. The Hall–Kier alpha value is -0.320. The minimum atomic E-state index is 0. The lowest BCUT2D eigenvalue weighted by molar-refractivity contribution is 0.490. The zero-order valence-corrected chi connectivity index (χ0v) is 12.2. The second-order valence-corrected chi connectivity index (χ2v) is 5.88. The van der Waals surface area contributed by atoms with Gasteiger partial charge in [-0.25, -0.2) is 4.98 Å². The minimum Gasteiger partial charge on any atom is -0.354 e. The molecule has 0 spiro atoms. The molecule has 0 amide bonds. The van der Waals surface area contributed by atoms with Gasteiger partial charge in [0.2, 0.25) is 0 Å². The molecule has 0 atom stereocenters. The standard InChI is InChI=1S/C12H21N3S.ClH/c1-15(2)12-14-9-11(16-12)8-13-7-10-5-3-4-6-10;/h9-10,13H,3-8H2,1-2H3;1H. The maximum Gasteiger partial charge on any atom is 0.185 e. The SMILES string of the molecule is CN(C)c1ncc(CNCC2CCCC2)s1.Cl. The largest absolute Gasteiger partial charge is 0.354 e. The fourth-order valence-corrected chi connectivity index (χ4v) is 3.00. The van der Waals surface area contributed by atoms with E-state index >= 15 is 0 Å². The van der Waals surface area contributed by atoms with Crippen LogP contribution in [0.15, 0.2) is 6.20 Å². The molecule has 1 aromatic rings. The Labute approximate surface area is 114 Å². The van der Waals surface area contributed by atoms with E-state index in [1.54, 1.807) is 11.3 Å². The van der Waals surface area contributed by atoms with Crippen LogP contribution >= 0.6 is 23.7 Å². The molecule has 1 saturated carbocycles. The molecule has 0 unspecified atom stereocenters. The second-order valence-electron chi connectivity index (χ2n) is 4.78. The zero-order chi connectivity index (χ0) is 11.4. The van der Waals surface area contributed by atoms with Crippen molar-refractivity contribution in [1.29, 1.82) is 0 Å². The summed E-state index contributed by atoms with van der Waals surface area (Å²) in [5, 5.41) is 4.64. The molecule has 0 bridgehead atoms. The number of nitrogens with one attached hydrogen (secondary N) is 1. The zero-order valence-electron chi connectivity index (χ0n) is 10.6. The molecule has 2 rings (SSSR count). The Bertz CT molecular complexity index is 321. The molecular formula is C12H22ClN3S. The first kappa shape index (κ1) is 14.7. The number of nitrogens with zero attached hydrogens (tertiary/aromatic N) is 2. The van der Waals surface area contributed by atoms with Gasteiger partial charge in [-0.05, 0) is 25.3 Å². The summed E-state index contributed by atoms with van der Waals surface area (Å²) in [6.07, 6.45) is 7.67. The van der Waals surface area contributed by atoms with Crippen molar-refractivity contribution in [2.75, 3.05) is 25.5 Å². The van der Waals surface area contributed by atoms with Crippen LogP contribution in [0.3, 0.4) is 0 Å². The van der Waals surface area contributed by atoms with Crippen molar-refractivity contribution >= 4 is 28.9 Å². The predicted molar refractivity (Wildman–Crippen MR) is 77.4 cm³/mol. The van der Waals surface area contributed by atoms with Crippen LogP contribution in [0.1, 0.15) is 30.6 Å². The van der Waals surface area contributed by atoms with Gasteiger partial charge in [0.1, 0.15) is 0 Å². The molecule has 1 fully saturated rings. The van der Waals surface area contributed by atoms with E-state index in [9.17, 15) is 0 Å². The lowest BCUT2D eigenvalue weighted by Gasteiger charge is -2.09. The van der Waals surface area contributed by atoms with Crippen LogP contribution in [-0.4, -0.2) is 25.6 Å². The first-order chi connectivity index (χ1) is 7.75. The summed E-state index contributed by atoms with van der Waals surface area (Å²) in [5.41, 5.74) is 0. The van der Waals surface area contributed by atoms with E-state index in [4.69, 9.17) is 0 Å². The van der Waals surface area contributed by atoms with E-state index in [0.29, 0.717) is 0 Å². The fourth-order valence-electron chi connectivity index (χ4n) is 2.20. The summed E-state index contributed by atoms with van der Waals surface area (Å²) in [7, 11) is 4.07. The Morgan fingerprint density at radius 1 is 1.41 bits per heavy atom. The van der Waals surface area contributed by atoms with E-state index in [-0.39, 0.29) is 12.4 Å². The summed E-state index contributed by atoms with van der Waals surface area (Å²) < 4.78 is 0. The minimum absolute atomic E-state index is 0. The molecule has 0 saturated heterocycles.